The van der Waals surface area contributed by atoms with Crippen LogP contribution in [0.1, 0.15) is 35.7 Å². The predicted molar refractivity (Wildman–Crippen MR) is 105 cm³/mol. The van der Waals surface area contributed by atoms with E-state index in [9.17, 15) is 9.18 Å². The van der Waals surface area contributed by atoms with Gasteiger partial charge in [-0.25, -0.2) is 19.2 Å². The largest absolute Gasteiger partial charge is 0.465 e. The molecule has 144 valence electrons. The molecule has 0 saturated heterocycles. The first-order chi connectivity index (χ1) is 13.4. The van der Waals surface area contributed by atoms with Crippen LogP contribution >= 0.6 is 11.6 Å². The number of anilines is 2. The second-order valence-corrected chi connectivity index (χ2v) is 6.75. The number of esters is 1. The number of hydrogen-bond donors (Lipinski definition) is 1. The van der Waals surface area contributed by atoms with Crippen molar-refractivity contribution in [1.29, 1.82) is 0 Å². The number of hydrogen-bond acceptors (Lipinski definition) is 6. The van der Waals surface area contributed by atoms with Gasteiger partial charge in [0.2, 0.25) is 0 Å². The summed E-state index contributed by atoms with van der Waals surface area (Å²) in [6.07, 6.45) is 4.58. The highest BCUT2D eigenvalue weighted by Gasteiger charge is 2.18. The lowest BCUT2D eigenvalue weighted by atomic mass is 10.1. The van der Waals surface area contributed by atoms with Crippen molar-refractivity contribution in [2.45, 2.75) is 19.8 Å². The molecule has 0 fully saturated rings. The van der Waals surface area contributed by atoms with Crippen LogP contribution < -0.4 is 5.32 Å². The van der Waals surface area contributed by atoms with Gasteiger partial charge in [0, 0.05) is 29.2 Å². The molecule has 6 nitrogen and oxygen atoms in total. The van der Waals surface area contributed by atoms with E-state index in [0.717, 1.165) is 5.56 Å². The Labute approximate surface area is 166 Å². The minimum absolute atomic E-state index is 0.0872. The van der Waals surface area contributed by atoms with Gasteiger partial charge in [-0.3, -0.25) is 4.98 Å². The van der Waals surface area contributed by atoms with E-state index in [4.69, 9.17) is 16.3 Å². The molecule has 2 heterocycles. The van der Waals surface area contributed by atoms with Gasteiger partial charge in [-0.15, -0.1) is 0 Å². The number of rotatable bonds is 5. The van der Waals surface area contributed by atoms with E-state index in [-0.39, 0.29) is 22.9 Å². The zero-order valence-electron chi connectivity index (χ0n) is 15.5. The molecule has 8 heteroatoms. The standard InChI is InChI=1S/C20H18ClFN4O2/c1-11(2)14-10-24-18(13-8-12(21)4-5-16(13)22)26-19(14)25-17-6-7-23-9-15(17)20(27)28-3/h4-11H,1-3H3,(H,23,24,25,26). The van der Waals surface area contributed by atoms with Gasteiger partial charge in [0.25, 0.3) is 0 Å². The molecule has 0 radical (unpaired) electrons. The van der Waals surface area contributed by atoms with Gasteiger partial charge < -0.3 is 10.1 Å². The van der Waals surface area contributed by atoms with Crippen LogP contribution in [0.25, 0.3) is 11.4 Å². The molecule has 0 saturated carbocycles. The molecule has 3 rings (SSSR count). The monoisotopic (exact) mass is 400 g/mol. The molecule has 0 aliphatic carbocycles. The second-order valence-electron chi connectivity index (χ2n) is 6.31. The van der Waals surface area contributed by atoms with E-state index < -0.39 is 11.8 Å². The van der Waals surface area contributed by atoms with E-state index in [1.165, 1.54) is 31.5 Å². The van der Waals surface area contributed by atoms with Crippen molar-refractivity contribution in [3.8, 4) is 11.4 Å². The predicted octanol–water partition coefficient (Wildman–Crippen LogP) is 4.98. The Hall–Kier alpha value is -3.06. The van der Waals surface area contributed by atoms with Crippen LogP contribution in [0.5, 0.6) is 0 Å². The summed E-state index contributed by atoms with van der Waals surface area (Å²) < 4.78 is 19.1. The van der Waals surface area contributed by atoms with Crippen LogP contribution in [0, 0.1) is 5.82 Å². The number of pyridine rings is 1. The van der Waals surface area contributed by atoms with Crippen molar-refractivity contribution >= 4 is 29.1 Å². The zero-order valence-corrected chi connectivity index (χ0v) is 16.3. The molecule has 0 bridgehead atoms. The fourth-order valence-electron chi connectivity index (χ4n) is 2.62. The Balaban J connectivity index is 2.10. The fraction of sp³-hybridized carbons (Fsp3) is 0.200. The van der Waals surface area contributed by atoms with Gasteiger partial charge in [0.15, 0.2) is 5.82 Å². The normalized spacial score (nSPS) is 10.8. The first-order valence-corrected chi connectivity index (χ1v) is 8.90. The van der Waals surface area contributed by atoms with Gasteiger partial charge in [0.05, 0.1) is 18.4 Å². The molecule has 1 N–H and O–H groups in total. The number of carbonyl (C=O) groups is 1. The van der Waals surface area contributed by atoms with Crippen LogP contribution in [0.15, 0.2) is 42.9 Å². The number of nitrogens with zero attached hydrogens (tertiary/aromatic N) is 3. The number of ether oxygens (including phenoxy) is 1. The lowest BCUT2D eigenvalue weighted by Gasteiger charge is -2.16. The molecule has 2 aromatic heterocycles. The number of benzene rings is 1. The highest BCUT2D eigenvalue weighted by molar-refractivity contribution is 6.30. The van der Waals surface area contributed by atoms with Crippen LogP contribution in [-0.2, 0) is 4.74 Å². The molecule has 0 aliphatic rings. The van der Waals surface area contributed by atoms with Gasteiger partial charge in [-0.2, -0.15) is 0 Å². The third kappa shape index (κ3) is 4.09. The summed E-state index contributed by atoms with van der Waals surface area (Å²) >= 11 is 5.99. The SMILES string of the molecule is COC(=O)c1cnccc1Nc1nc(-c2cc(Cl)ccc2F)ncc1C(C)C. The van der Waals surface area contributed by atoms with Crippen molar-refractivity contribution < 1.29 is 13.9 Å². The number of aromatic nitrogens is 3. The molecule has 3 aromatic rings. The first-order valence-electron chi connectivity index (χ1n) is 8.52. The van der Waals surface area contributed by atoms with Gasteiger partial charge in [0.1, 0.15) is 17.2 Å². The molecular weight excluding hydrogens is 383 g/mol. The Morgan fingerprint density at radius 1 is 1.25 bits per heavy atom. The molecule has 1 aromatic carbocycles. The smallest absolute Gasteiger partial charge is 0.341 e. The van der Waals surface area contributed by atoms with Crippen LogP contribution in [-0.4, -0.2) is 28.0 Å². The summed E-state index contributed by atoms with van der Waals surface area (Å²) in [7, 11) is 1.30. The van der Waals surface area contributed by atoms with Crippen LogP contribution in [0.3, 0.4) is 0 Å². The van der Waals surface area contributed by atoms with Crippen LogP contribution in [0.4, 0.5) is 15.9 Å². The minimum atomic E-state index is -0.531. The summed E-state index contributed by atoms with van der Waals surface area (Å²) in [6.45, 7) is 3.97. The first kappa shape index (κ1) is 19.7. The van der Waals surface area contributed by atoms with E-state index in [2.05, 4.69) is 20.3 Å². The second kappa shape index (κ2) is 8.31. The van der Waals surface area contributed by atoms with Crippen molar-refractivity contribution in [2.24, 2.45) is 0 Å². The third-order valence-corrected chi connectivity index (χ3v) is 4.32. The maximum atomic E-state index is 14.3. The quantitative estimate of drug-likeness (QED) is 0.608. The van der Waals surface area contributed by atoms with E-state index in [1.54, 1.807) is 18.5 Å². The molecule has 0 spiro atoms. The van der Waals surface area contributed by atoms with Crippen molar-refractivity contribution in [1.82, 2.24) is 15.0 Å². The van der Waals surface area contributed by atoms with Crippen molar-refractivity contribution in [3.63, 3.8) is 0 Å². The van der Waals surface area contributed by atoms with E-state index in [1.807, 2.05) is 13.8 Å². The molecule has 0 amide bonds. The molecule has 28 heavy (non-hydrogen) atoms. The summed E-state index contributed by atoms with van der Waals surface area (Å²) in [5.74, 6) is -0.288. The number of halogens is 2. The summed E-state index contributed by atoms with van der Waals surface area (Å²) in [5.41, 5.74) is 1.72. The zero-order chi connectivity index (χ0) is 20.3. The number of carbonyl (C=O) groups excluding carboxylic acids is 1. The van der Waals surface area contributed by atoms with E-state index in [0.29, 0.717) is 16.5 Å². The highest BCUT2D eigenvalue weighted by atomic mass is 35.5. The molecular formula is C20H18ClFN4O2. The van der Waals surface area contributed by atoms with E-state index >= 15 is 0 Å². The Morgan fingerprint density at radius 3 is 2.75 bits per heavy atom. The lowest BCUT2D eigenvalue weighted by Crippen LogP contribution is -2.09. The fourth-order valence-corrected chi connectivity index (χ4v) is 2.79. The average Bonchev–Trinajstić information content (AvgIpc) is 2.69. The lowest BCUT2D eigenvalue weighted by molar-refractivity contribution is 0.0601. The molecule has 0 atom stereocenters. The van der Waals surface area contributed by atoms with Gasteiger partial charge in [-0.1, -0.05) is 25.4 Å². The third-order valence-electron chi connectivity index (χ3n) is 4.09. The topological polar surface area (TPSA) is 77.0 Å². The number of nitrogens with one attached hydrogen (secondary N) is 1. The summed E-state index contributed by atoms with van der Waals surface area (Å²) in [5, 5.41) is 3.51. The van der Waals surface area contributed by atoms with Crippen molar-refractivity contribution in [2.75, 3.05) is 12.4 Å². The average molecular weight is 401 g/mol. The Morgan fingerprint density at radius 2 is 2.04 bits per heavy atom. The van der Waals surface area contributed by atoms with Crippen LogP contribution in [0.2, 0.25) is 5.02 Å². The number of methoxy groups -OCH3 is 1. The Kier molecular flexibility index (Phi) is 5.84. The maximum absolute atomic E-state index is 14.3. The summed E-state index contributed by atoms with van der Waals surface area (Å²) in [4.78, 5) is 24.8. The molecule has 0 aliphatic heterocycles. The maximum Gasteiger partial charge on any atom is 0.341 e. The van der Waals surface area contributed by atoms with Gasteiger partial charge >= 0.3 is 5.97 Å². The minimum Gasteiger partial charge on any atom is -0.465 e. The summed E-state index contributed by atoms with van der Waals surface area (Å²) in [6, 6.07) is 5.83. The van der Waals surface area contributed by atoms with Gasteiger partial charge in [-0.05, 0) is 30.2 Å². The highest BCUT2D eigenvalue weighted by Crippen LogP contribution is 2.30. The molecule has 0 unspecified atom stereocenters. The Bertz CT molecular complexity index is 1030. The van der Waals surface area contributed by atoms with Crippen molar-refractivity contribution in [3.05, 3.63) is 64.8 Å².